The molecule has 1 aromatic heterocycles. The van der Waals surface area contributed by atoms with E-state index in [0.29, 0.717) is 6.42 Å². The van der Waals surface area contributed by atoms with E-state index in [9.17, 15) is 4.79 Å². The lowest BCUT2D eigenvalue weighted by atomic mass is 10.1. The lowest BCUT2D eigenvalue weighted by molar-refractivity contribution is -0.115. The van der Waals surface area contributed by atoms with Crippen LogP contribution in [-0.2, 0) is 24.7 Å². The number of nitrogens with zero attached hydrogens (tertiary/aromatic N) is 2. The summed E-state index contributed by atoms with van der Waals surface area (Å²) >= 11 is 0. The summed E-state index contributed by atoms with van der Waals surface area (Å²) < 4.78 is 1.82. The summed E-state index contributed by atoms with van der Waals surface area (Å²) in [5, 5.41) is 7.31. The third-order valence-electron chi connectivity index (χ3n) is 4.05. The molecule has 4 heteroatoms. The van der Waals surface area contributed by atoms with Crippen LogP contribution in [0.3, 0.4) is 0 Å². The molecule has 118 valence electrons. The SMILES string of the molecule is CCCCc1ccc(NC(=O)Cc2c(C)nn(C)c2C)cc1. The zero-order valence-electron chi connectivity index (χ0n) is 13.9. The smallest absolute Gasteiger partial charge is 0.228 e. The van der Waals surface area contributed by atoms with Crippen molar-refractivity contribution in [2.24, 2.45) is 7.05 Å². The summed E-state index contributed by atoms with van der Waals surface area (Å²) in [5.74, 6) is 0.000471. The minimum absolute atomic E-state index is 0.000471. The molecule has 1 aromatic carbocycles. The predicted molar refractivity (Wildman–Crippen MR) is 90.1 cm³/mol. The Morgan fingerprint density at radius 3 is 2.45 bits per heavy atom. The first-order valence-corrected chi connectivity index (χ1v) is 7.89. The molecule has 22 heavy (non-hydrogen) atoms. The van der Waals surface area contributed by atoms with Crippen LogP contribution in [0, 0.1) is 13.8 Å². The number of nitrogens with one attached hydrogen (secondary N) is 1. The van der Waals surface area contributed by atoms with Crippen LogP contribution < -0.4 is 5.32 Å². The molecule has 1 N–H and O–H groups in total. The Bertz CT molecular complexity index is 641. The average molecular weight is 299 g/mol. The van der Waals surface area contributed by atoms with E-state index in [2.05, 4.69) is 29.5 Å². The van der Waals surface area contributed by atoms with Crippen LogP contribution in [0.1, 0.15) is 42.3 Å². The number of hydrogen-bond acceptors (Lipinski definition) is 2. The van der Waals surface area contributed by atoms with Gasteiger partial charge in [-0.15, -0.1) is 0 Å². The van der Waals surface area contributed by atoms with Crippen molar-refractivity contribution >= 4 is 11.6 Å². The standard InChI is InChI=1S/C18H25N3O/c1-5-6-7-15-8-10-16(11-9-15)19-18(22)12-17-13(2)20-21(4)14(17)3/h8-11H,5-7,12H2,1-4H3,(H,19,22). The summed E-state index contributed by atoms with van der Waals surface area (Å²) in [5.41, 5.74) is 5.15. The van der Waals surface area contributed by atoms with Crippen LogP contribution in [-0.4, -0.2) is 15.7 Å². The Kier molecular flexibility index (Phi) is 5.36. The Hall–Kier alpha value is -2.10. The second-order valence-electron chi connectivity index (χ2n) is 5.80. The second-order valence-corrected chi connectivity index (χ2v) is 5.80. The Morgan fingerprint density at radius 1 is 1.23 bits per heavy atom. The highest BCUT2D eigenvalue weighted by Crippen LogP contribution is 2.15. The molecule has 0 aliphatic carbocycles. The van der Waals surface area contributed by atoms with Gasteiger partial charge in [-0.25, -0.2) is 0 Å². The van der Waals surface area contributed by atoms with Crippen molar-refractivity contribution in [3.63, 3.8) is 0 Å². The molecular weight excluding hydrogens is 274 g/mol. The second kappa shape index (κ2) is 7.25. The molecule has 1 amide bonds. The minimum Gasteiger partial charge on any atom is -0.326 e. The number of aryl methyl sites for hydroxylation is 3. The molecule has 1 heterocycles. The zero-order valence-corrected chi connectivity index (χ0v) is 13.9. The van der Waals surface area contributed by atoms with Crippen molar-refractivity contribution in [1.82, 2.24) is 9.78 Å². The summed E-state index contributed by atoms with van der Waals surface area (Å²) in [7, 11) is 1.90. The van der Waals surface area contributed by atoms with E-state index in [1.54, 1.807) is 0 Å². The van der Waals surface area contributed by atoms with E-state index in [4.69, 9.17) is 0 Å². The maximum atomic E-state index is 12.2. The largest absolute Gasteiger partial charge is 0.326 e. The normalized spacial score (nSPS) is 10.7. The number of aromatic nitrogens is 2. The van der Waals surface area contributed by atoms with E-state index in [0.717, 1.165) is 29.1 Å². The summed E-state index contributed by atoms with van der Waals surface area (Å²) in [6.07, 6.45) is 3.86. The van der Waals surface area contributed by atoms with E-state index in [1.165, 1.54) is 18.4 Å². The number of benzene rings is 1. The third kappa shape index (κ3) is 3.97. The maximum Gasteiger partial charge on any atom is 0.228 e. The number of hydrogen-bond donors (Lipinski definition) is 1. The Morgan fingerprint density at radius 2 is 1.91 bits per heavy atom. The minimum atomic E-state index is 0.000471. The molecule has 0 fully saturated rings. The fraction of sp³-hybridized carbons (Fsp3) is 0.444. The lowest BCUT2D eigenvalue weighted by Gasteiger charge is -2.07. The molecule has 0 spiro atoms. The lowest BCUT2D eigenvalue weighted by Crippen LogP contribution is -2.15. The highest BCUT2D eigenvalue weighted by Gasteiger charge is 2.13. The number of amides is 1. The molecule has 0 radical (unpaired) electrons. The predicted octanol–water partition coefficient (Wildman–Crippen LogP) is 3.56. The molecule has 0 saturated heterocycles. The van der Waals surface area contributed by atoms with Gasteiger partial charge in [-0.2, -0.15) is 5.10 Å². The van der Waals surface area contributed by atoms with E-state index in [-0.39, 0.29) is 5.91 Å². The van der Waals surface area contributed by atoms with Crippen molar-refractivity contribution < 1.29 is 4.79 Å². The van der Waals surface area contributed by atoms with Crippen molar-refractivity contribution in [2.45, 2.75) is 46.5 Å². The van der Waals surface area contributed by atoms with E-state index < -0.39 is 0 Å². The highest BCUT2D eigenvalue weighted by molar-refractivity contribution is 5.92. The first kappa shape index (κ1) is 16.3. The fourth-order valence-corrected chi connectivity index (χ4v) is 2.57. The monoisotopic (exact) mass is 299 g/mol. The van der Waals surface area contributed by atoms with Crippen LogP contribution in [0.15, 0.2) is 24.3 Å². The molecule has 2 rings (SSSR count). The van der Waals surface area contributed by atoms with Gasteiger partial charge in [0.15, 0.2) is 0 Å². The molecule has 0 aliphatic heterocycles. The van der Waals surface area contributed by atoms with Gasteiger partial charge in [0, 0.05) is 24.0 Å². The number of carbonyl (C=O) groups is 1. The quantitative estimate of drug-likeness (QED) is 0.886. The van der Waals surface area contributed by atoms with Gasteiger partial charge in [-0.3, -0.25) is 9.48 Å². The van der Waals surface area contributed by atoms with E-state index >= 15 is 0 Å². The van der Waals surface area contributed by atoms with Gasteiger partial charge in [-0.1, -0.05) is 25.5 Å². The zero-order chi connectivity index (χ0) is 16.1. The number of carbonyl (C=O) groups excluding carboxylic acids is 1. The van der Waals surface area contributed by atoms with Crippen LogP contribution in [0.25, 0.3) is 0 Å². The van der Waals surface area contributed by atoms with Crippen molar-refractivity contribution in [2.75, 3.05) is 5.32 Å². The highest BCUT2D eigenvalue weighted by atomic mass is 16.1. The van der Waals surface area contributed by atoms with Crippen LogP contribution in [0.5, 0.6) is 0 Å². The fourth-order valence-electron chi connectivity index (χ4n) is 2.57. The van der Waals surface area contributed by atoms with Gasteiger partial charge in [0.1, 0.15) is 0 Å². The summed E-state index contributed by atoms with van der Waals surface area (Å²) in [6.45, 7) is 6.13. The van der Waals surface area contributed by atoms with Crippen LogP contribution in [0.2, 0.25) is 0 Å². The summed E-state index contributed by atoms with van der Waals surface area (Å²) in [6, 6.07) is 8.13. The average Bonchev–Trinajstić information content (AvgIpc) is 2.73. The molecular formula is C18H25N3O. The Labute approximate surface area is 132 Å². The molecule has 2 aromatic rings. The Balaban J connectivity index is 1.97. The van der Waals surface area contributed by atoms with Gasteiger partial charge in [0.05, 0.1) is 12.1 Å². The number of anilines is 1. The molecule has 4 nitrogen and oxygen atoms in total. The molecule has 0 bridgehead atoms. The van der Waals surface area contributed by atoms with Gasteiger partial charge in [0.2, 0.25) is 5.91 Å². The van der Waals surface area contributed by atoms with Gasteiger partial charge < -0.3 is 5.32 Å². The van der Waals surface area contributed by atoms with Crippen molar-refractivity contribution in [3.8, 4) is 0 Å². The van der Waals surface area contributed by atoms with Crippen LogP contribution in [0.4, 0.5) is 5.69 Å². The molecule has 0 unspecified atom stereocenters. The topological polar surface area (TPSA) is 46.9 Å². The van der Waals surface area contributed by atoms with Gasteiger partial charge in [-0.05, 0) is 44.4 Å². The van der Waals surface area contributed by atoms with E-state index in [1.807, 2.05) is 37.7 Å². The molecule has 0 saturated carbocycles. The van der Waals surface area contributed by atoms with Gasteiger partial charge in [0.25, 0.3) is 0 Å². The van der Waals surface area contributed by atoms with Gasteiger partial charge >= 0.3 is 0 Å². The third-order valence-corrected chi connectivity index (χ3v) is 4.05. The number of rotatable bonds is 6. The number of unbranched alkanes of at least 4 members (excludes halogenated alkanes) is 1. The van der Waals surface area contributed by atoms with Crippen LogP contribution >= 0.6 is 0 Å². The first-order valence-electron chi connectivity index (χ1n) is 7.89. The van der Waals surface area contributed by atoms with Crippen molar-refractivity contribution in [1.29, 1.82) is 0 Å². The molecule has 0 aliphatic rings. The van der Waals surface area contributed by atoms with Crippen molar-refractivity contribution in [3.05, 3.63) is 46.8 Å². The molecule has 0 atom stereocenters. The maximum absolute atomic E-state index is 12.2. The summed E-state index contributed by atoms with van der Waals surface area (Å²) in [4.78, 5) is 12.2. The first-order chi connectivity index (χ1) is 10.5.